The molecular formula is C12H14FNO4S. The molecule has 1 aromatic carbocycles. The topological polar surface area (TPSA) is 83.5 Å². The monoisotopic (exact) mass is 287 g/mol. The summed E-state index contributed by atoms with van der Waals surface area (Å²) in [6.45, 7) is 0. The number of amides is 1. The van der Waals surface area contributed by atoms with Crippen molar-refractivity contribution in [2.45, 2.75) is 18.9 Å². The number of aromatic hydroxyl groups is 1. The Morgan fingerprint density at radius 2 is 1.95 bits per heavy atom. The lowest BCUT2D eigenvalue weighted by atomic mass is 10.1. The summed E-state index contributed by atoms with van der Waals surface area (Å²) >= 11 is 0. The highest BCUT2D eigenvalue weighted by molar-refractivity contribution is 7.91. The molecule has 1 aliphatic rings. The Kier molecular flexibility index (Phi) is 3.75. The summed E-state index contributed by atoms with van der Waals surface area (Å²) in [4.78, 5) is 11.9. The molecule has 2 rings (SSSR count). The lowest BCUT2D eigenvalue weighted by Crippen LogP contribution is -2.41. The van der Waals surface area contributed by atoms with Gasteiger partial charge in [0.2, 0.25) is 0 Å². The van der Waals surface area contributed by atoms with Gasteiger partial charge in [-0.2, -0.15) is 0 Å². The first-order chi connectivity index (χ1) is 8.89. The van der Waals surface area contributed by atoms with E-state index in [1.165, 1.54) is 12.1 Å². The van der Waals surface area contributed by atoms with Gasteiger partial charge in [0, 0.05) is 6.04 Å². The standard InChI is InChI=1S/C12H14FNO4S/c13-9-2-1-3-10(15)11(9)12(16)14-8-4-6-19(17,18)7-5-8/h1-3,8,15H,4-7H2,(H,14,16). The number of carbonyl (C=O) groups is 1. The molecule has 0 spiro atoms. The summed E-state index contributed by atoms with van der Waals surface area (Å²) in [7, 11) is -3.01. The SMILES string of the molecule is O=C(NC1CCS(=O)(=O)CC1)c1c(O)cccc1F. The van der Waals surface area contributed by atoms with Gasteiger partial charge >= 0.3 is 0 Å². The number of phenols is 1. The Hall–Kier alpha value is -1.63. The van der Waals surface area contributed by atoms with Gasteiger partial charge in [0.15, 0.2) is 0 Å². The number of hydrogen-bond donors (Lipinski definition) is 2. The van der Waals surface area contributed by atoms with Crippen LogP contribution in [0.1, 0.15) is 23.2 Å². The van der Waals surface area contributed by atoms with E-state index in [2.05, 4.69) is 5.32 Å². The van der Waals surface area contributed by atoms with Crippen LogP contribution in [0.15, 0.2) is 18.2 Å². The molecule has 0 saturated carbocycles. The zero-order valence-electron chi connectivity index (χ0n) is 10.1. The summed E-state index contributed by atoms with van der Waals surface area (Å²) in [6, 6.07) is 3.30. The van der Waals surface area contributed by atoms with E-state index in [4.69, 9.17) is 0 Å². The first-order valence-electron chi connectivity index (χ1n) is 5.88. The van der Waals surface area contributed by atoms with Crippen molar-refractivity contribution in [2.75, 3.05) is 11.5 Å². The van der Waals surface area contributed by atoms with Gasteiger partial charge in [-0.15, -0.1) is 0 Å². The van der Waals surface area contributed by atoms with Crippen LogP contribution in [-0.2, 0) is 9.84 Å². The Morgan fingerprint density at radius 1 is 1.32 bits per heavy atom. The van der Waals surface area contributed by atoms with Gasteiger partial charge in [0.05, 0.1) is 11.5 Å². The first-order valence-corrected chi connectivity index (χ1v) is 7.70. The van der Waals surface area contributed by atoms with Gasteiger partial charge in [-0.1, -0.05) is 6.07 Å². The van der Waals surface area contributed by atoms with Crippen molar-refractivity contribution in [1.82, 2.24) is 5.32 Å². The summed E-state index contributed by atoms with van der Waals surface area (Å²) in [6.07, 6.45) is 0.618. The van der Waals surface area contributed by atoms with Gasteiger partial charge in [-0.3, -0.25) is 4.79 Å². The second kappa shape index (κ2) is 5.16. The summed E-state index contributed by atoms with van der Waals surface area (Å²) in [5.74, 6) is -1.93. The average molecular weight is 287 g/mol. The van der Waals surface area contributed by atoms with Crippen molar-refractivity contribution in [3.63, 3.8) is 0 Å². The Morgan fingerprint density at radius 3 is 2.53 bits per heavy atom. The van der Waals surface area contributed by atoms with E-state index in [-0.39, 0.29) is 17.5 Å². The molecule has 5 nitrogen and oxygen atoms in total. The second-order valence-electron chi connectivity index (χ2n) is 4.53. The zero-order chi connectivity index (χ0) is 14.0. The third-order valence-electron chi connectivity index (χ3n) is 3.11. The molecule has 1 saturated heterocycles. The Balaban J connectivity index is 2.06. The number of sulfone groups is 1. The van der Waals surface area contributed by atoms with E-state index in [0.29, 0.717) is 12.8 Å². The van der Waals surface area contributed by atoms with Crippen LogP contribution in [0, 0.1) is 5.82 Å². The minimum absolute atomic E-state index is 0.0151. The van der Waals surface area contributed by atoms with Gasteiger partial charge in [0.1, 0.15) is 27.0 Å². The van der Waals surface area contributed by atoms with Crippen molar-refractivity contribution in [3.05, 3.63) is 29.6 Å². The largest absolute Gasteiger partial charge is 0.507 e. The Bertz CT molecular complexity index is 565. The molecule has 1 heterocycles. The highest BCUT2D eigenvalue weighted by Crippen LogP contribution is 2.20. The van der Waals surface area contributed by atoms with Gasteiger partial charge in [-0.05, 0) is 25.0 Å². The van der Waals surface area contributed by atoms with Gasteiger partial charge in [-0.25, -0.2) is 12.8 Å². The lowest BCUT2D eigenvalue weighted by Gasteiger charge is -2.23. The molecule has 1 aliphatic heterocycles. The molecule has 1 fully saturated rings. The van der Waals surface area contributed by atoms with Crippen LogP contribution in [0.5, 0.6) is 5.75 Å². The smallest absolute Gasteiger partial charge is 0.258 e. The van der Waals surface area contributed by atoms with E-state index in [1.807, 2.05) is 0 Å². The van der Waals surface area contributed by atoms with Crippen LogP contribution in [0.3, 0.4) is 0 Å². The maximum Gasteiger partial charge on any atom is 0.258 e. The number of nitrogens with one attached hydrogen (secondary N) is 1. The minimum Gasteiger partial charge on any atom is -0.507 e. The highest BCUT2D eigenvalue weighted by atomic mass is 32.2. The van der Waals surface area contributed by atoms with Crippen molar-refractivity contribution in [2.24, 2.45) is 0 Å². The van der Waals surface area contributed by atoms with Gasteiger partial charge in [0.25, 0.3) is 5.91 Å². The predicted octanol–water partition coefficient (Wildman–Crippen LogP) is 0.838. The van der Waals surface area contributed by atoms with Crippen molar-refractivity contribution >= 4 is 15.7 Å². The van der Waals surface area contributed by atoms with Crippen LogP contribution in [-0.4, -0.2) is 37.0 Å². The summed E-state index contributed by atoms with van der Waals surface area (Å²) < 4.78 is 36.0. The van der Waals surface area contributed by atoms with E-state index < -0.39 is 32.9 Å². The summed E-state index contributed by atoms with van der Waals surface area (Å²) in [5, 5.41) is 12.0. The number of halogens is 1. The van der Waals surface area contributed by atoms with Crippen LogP contribution in [0.25, 0.3) is 0 Å². The maximum atomic E-state index is 13.5. The maximum absolute atomic E-state index is 13.5. The van der Waals surface area contributed by atoms with Crippen molar-refractivity contribution < 1.29 is 22.7 Å². The molecule has 0 aromatic heterocycles. The first kappa shape index (κ1) is 13.8. The number of carbonyl (C=O) groups excluding carboxylic acids is 1. The van der Waals surface area contributed by atoms with Crippen molar-refractivity contribution in [3.8, 4) is 5.75 Å². The van der Waals surface area contributed by atoms with Crippen LogP contribution in [0.2, 0.25) is 0 Å². The predicted molar refractivity (Wildman–Crippen MR) is 67.2 cm³/mol. The molecule has 0 bridgehead atoms. The fourth-order valence-corrected chi connectivity index (χ4v) is 3.52. The molecule has 0 unspecified atom stereocenters. The number of hydrogen-bond acceptors (Lipinski definition) is 4. The quantitative estimate of drug-likeness (QED) is 0.844. The number of rotatable bonds is 2. The van der Waals surface area contributed by atoms with E-state index in [0.717, 1.165) is 6.07 Å². The number of benzene rings is 1. The third-order valence-corrected chi connectivity index (χ3v) is 4.82. The average Bonchev–Trinajstić information content (AvgIpc) is 2.32. The molecule has 2 N–H and O–H groups in total. The number of phenolic OH excluding ortho intramolecular Hbond substituents is 1. The van der Waals surface area contributed by atoms with Gasteiger partial charge < -0.3 is 10.4 Å². The van der Waals surface area contributed by atoms with Crippen molar-refractivity contribution in [1.29, 1.82) is 0 Å². The molecule has 1 aromatic rings. The molecule has 0 aliphatic carbocycles. The van der Waals surface area contributed by atoms with E-state index >= 15 is 0 Å². The van der Waals surface area contributed by atoms with Crippen LogP contribution in [0.4, 0.5) is 4.39 Å². The van der Waals surface area contributed by atoms with Crippen LogP contribution >= 0.6 is 0 Å². The van der Waals surface area contributed by atoms with Crippen LogP contribution < -0.4 is 5.32 Å². The van der Waals surface area contributed by atoms with E-state index in [9.17, 15) is 22.7 Å². The highest BCUT2D eigenvalue weighted by Gasteiger charge is 2.26. The summed E-state index contributed by atoms with van der Waals surface area (Å²) in [5.41, 5.74) is -0.407. The normalized spacial score (nSPS) is 19.0. The molecule has 0 atom stereocenters. The molecule has 1 amide bonds. The molecule has 0 radical (unpaired) electrons. The second-order valence-corrected chi connectivity index (χ2v) is 6.84. The fourth-order valence-electron chi connectivity index (χ4n) is 2.03. The molecular weight excluding hydrogens is 273 g/mol. The molecule has 19 heavy (non-hydrogen) atoms. The van der Waals surface area contributed by atoms with E-state index in [1.54, 1.807) is 0 Å². The minimum atomic E-state index is -3.01. The lowest BCUT2D eigenvalue weighted by molar-refractivity contribution is 0.0927. The third kappa shape index (κ3) is 3.23. The fraction of sp³-hybridized carbons (Fsp3) is 0.417. The Labute approximate surface area is 110 Å². The molecule has 104 valence electrons. The molecule has 7 heteroatoms. The zero-order valence-corrected chi connectivity index (χ0v) is 10.9.